The summed E-state index contributed by atoms with van der Waals surface area (Å²) in [5.74, 6) is 2.90. The third-order valence-corrected chi connectivity index (χ3v) is 13.5. The fourth-order valence-corrected chi connectivity index (χ4v) is 11.7. The van der Waals surface area contributed by atoms with Gasteiger partial charge in [-0.3, -0.25) is 0 Å². The van der Waals surface area contributed by atoms with Crippen molar-refractivity contribution in [2.75, 3.05) is 6.61 Å². The fourth-order valence-electron chi connectivity index (χ4n) is 11.7. The SMILES string of the molecule is CC1(C)CC[C@]2(CO)CC[C@H]3[C@]4(C)CC[C@H]5C(C)(C)[C@@H](O)CC[C@]5(C)[C@@H]4CC[C@@]3(C)[C@@H]2C1. The second-order valence-electron chi connectivity index (χ2n) is 15.6. The van der Waals surface area contributed by atoms with Gasteiger partial charge in [-0.25, -0.2) is 0 Å². The summed E-state index contributed by atoms with van der Waals surface area (Å²) in [7, 11) is 0. The molecule has 184 valence electrons. The van der Waals surface area contributed by atoms with Crippen LogP contribution < -0.4 is 0 Å². The fraction of sp³-hybridized carbons (Fsp3) is 1.00. The molecule has 2 nitrogen and oxygen atoms in total. The first kappa shape index (κ1) is 23.7. The molecule has 2 N–H and O–H groups in total. The summed E-state index contributed by atoms with van der Waals surface area (Å²) in [4.78, 5) is 0. The van der Waals surface area contributed by atoms with E-state index in [4.69, 9.17) is 0 Å². The van der Waals surface area contributed by atoms with Crippen LogP contribution in [0.15, 0.2) is 0 Å². The molecule has 5 fully saturated rings. The van der Waals surface area contributed by atoms with E-state index in [1.807, 2.05) is 0 Å². The number of rotatable bonds is 1. The summed E-state index contributed by atoms with van der Waals surface area (Å²) in [5.41, 5.74) is 1.80. The van der Waals surface area contributed by atoms with Crippen LogP contribution in [0.1, 0.15) is 119 Å². The van der Waals surface area contributed by atoms with Gasteiger partial charge in [0, 0.05) is 6.61 Å². The molecule has 0 aromatic heterocycles. The van der Waals surface area contributed by atoms with Gasteiger partial charge >= 0.3 is 0 Å². The second-order valence-corrected chi connectivity index (χ2v) is 15.6. The molecule has 32 heavy (non-hydrogen) atoms. The minimum absolute atomic E-state index is 0.0427. The van der Waals surface area contributed by atoms with Gasteiger partial charge in [-0.2, -0.15) is 0 Å². The smallest absolute Gasteiger partial charge is 0.0594 e. The van der Waals surface area contributed by atoms with Crippen molar-refractivity contribution < 1.29 is 10.2 Å². The van der Waals surface area contributed by atoms with Gasteiger partial charge in [0.2, 0.25) is 0 Å². The van der Waals surface area contributed by atoms with Crippen molar-refractivity contribution in [1.82, 2.24) is 0 Å². The largest absolute Gasteiger partial charge is 0.396 e. The van der Waals surface area contributed by atoms with Crippen LogP contribution in [0.25, 0.3) is 0 Å². The monoisotopic (exact) mass is 444 g/mol. The van der Waals surface area contributed by atoms with Crippen LogP contribution in [0.4, 0.5) is 0 Å². The van der Waals surface area contributed by atoms with E-state index in [-0.39, 0.29) is 16.9 Å². The first-order valence-electron chi connectivity index (χ1n) is 14.0. The zero-order valence-corrected chi connectivity index (χ0v) is 22.3. The van der Waals surface area contributed by atoms with Crippen molar-refractivity contribution in [1.29, 1.82) is 0 Å². The van der Waals surface area contributed by atoms with Gasteiger partial charge in [-0.05, 0) is 127 Å². The predicted molar refractivity (Wildman–Crippen MR) is 132 cm³/mol. The van der Waals surface area contributed by atoms with E-state index in [1.54, 1.807) is 0 Å². The minimum Gasteiger partial charge on any atom is -0.396 e. The van der Waals surface area contributed by atoms with Crippen molar-refractivity contribution in [2.24, 2.45) is 56.2 Å². The third kappa shape index (κ3) is 2.90. The normalized spacial score (nSPS) is 56.3. The molecule has 0 aliphatic heterocycles. The Morgan fingerprint density at radius 2 is 1.09 bits per heavy atom. The number of aliphatic hydroxyl groups excluding tert-OH is 2. The zero-order valence-electron chi connectivity index (χ0n) is 22.3. The summed E-state index contributed by atoms with van der Waals surface area (Å²) in [5, 5.41) is 21.6. The first-order chi connectivity index (χ1) is 14.8. The first-order valence-corrected chi connectivity index (χ1v) is 14.0. The predicted octanol–water partition coefficient (Wildman–Crippen LogP) is 7.22. The van der Waals surface area contributed by atoms with Gasteiger partial charge in [-0.15, -0.1) is 0 Å². The van der Waals surface area contributed by atoms with Gasteiger partial charge in [0.1, 0.15) is 0 Å². The maximum Gasteiger partial charge on any atom is 0.0594 e. The van der Waals surface area contributed by atoms with Crippen LogP contribution in [-0.2, 0) is 0 Å². The highest BCUT2D eigenvalue weighted by atomic mass is 16.3. The minimum atomic E-state index is -0.136. The Labute approximate surface area is 198 Å². The lowest BCUT2D eigenvalue weighted by Crippen LogP contribution is -2.66. The Kier molecular flexibility index (Phi) is 5.17. The molecule has 5 aliphatic rings. The molecule has 5 saturated carbocycles. The lowest BCUT2D eigenvalue weighted by molar-refractivity contribution is -0.250. The van der Waals surface area contributed by atoms with E-state index in [0.717, 1.165) is 18.3 Å². The van der Waals surface area contributed by atoms with E-state index >= 15 is 0 Å². The Morgan fingerprint density at radius 1 is 0.594 bits per heavy atom. The summed E-state index contributed by atoms with van der Waals surface area (Å²) in [6, 6.07) is 0. The molecule has 0 unspecified atom stereocenters. The van der Waals surface area contributed by atoms with E-state index in [0.29, 0.717) is 40.1 Å². The van der Waals surface area contributed by atoms with Crippen LogP contribution >= 0.6 is 0 Å². The van der Waals surface area contributed by atoms with Crippen LogP contribution in [0.5, 0.6) is 0 Å². The molecule has 0 heterocycles. The Hall–Kier alpha value is -0.0800. The lowest BCUT2D eigenvalue weighted by Gasteiger charge is -2.73. The maximum absolute atomic E-state index is 10.9. The maximum atomic E-state index is 10.9. The Bertz CT molecular complexity index is 756. The molecule has 0 aromatic carbocycles. The highest BCUT2D eigenvalue weighted by Crippen LogP contribution is 2.76. The average molecular weight is 445 g/mol. The van der Waals surface area contributed by atoms with Crippen LogP contribution in [-0.4, -0.2) is 22.9 Å². The summed E-state index contributed by atoms with van der Waals surface area (Å²) >= 11 is 0. The molecule has 0 radical (unpaired) electrons. The highest BCUT2D eigenvalue weighted by Gasteiger charge is 2.69. The van der Waals surface area contributed by atoms with Crippen molar-refractivity contribution in [3.05, 3.63) is 0 Å². The molecule has 0 saturated heterocycles. The van der Waals surface area contributed by atoms with Crippen LogP contribution in [0.3, 0.4) is 0 Å². The quantitative estimate of drug-likeness (QED) is 0.448. The number of hydrogen-bond acceptors (Lipinski definition) is 2. The van der Waals surface area contributed by atoms with Gasteiger partial charge in [-0.1, -0.05) is 48.5 Å². The molecule has 5 rings (SSSR count). The molecule has 9 atom stereocenters. The molecule has 0 spiro atoms. The summed E-state index contributed by atoms with van der Waals surface area (Å²) in [6.07, 6.45) is 13.8. The summed E-state index contributed by atoms with van der Waals surface area (Å²) < 4.78 is 0. The van der Waals surface area contributed by atoms with Gasteiger partial charge in [0.25, 0.3) is 0 Å². The van der Waals surface area contributed by atoms with Crippen molar-refractivity contribution in [3.8, 4) is 0 Å². The highest BCUT2D eigenvalue weighted by molar-refractivity contribution is 5.18. The average Bonchev–Trinajstić information content (AvgIpc) is 2.71. The molecule has 0 bridgehead atoms. The van der Waals surface area contributed by atoms with Crippen LogP contribution in [0, 0.1) is 56.2 Å². The van der Waals surface area contributed by atoms with Crippen molar-refractivity contribution in [2.45, 2.75) is 125 Å². The molecular formula is C30H52O2. The van der Waals surface area contributed by atoms with Gasteiger partial charge < -0.3 is 10.2 Å². The number of fused-ring (bicyclic) bond motifs is 7. The molecule has 0 aromatic rings. The zero-order chi connectivity index (χ0) is 23.4. The molecule has 0 amide bonds. The van der Waals surface area contributed by atoms with Gasteiger partial charge in [0.15, 0.2) is 0 Å². The molecule has 2 heteroatoms. The van der Waals surface area contributed by atoms with Gasteiger partial charge in [0.05, 0.1) is 6.10 Å². The van der Waals surface area contributed by atoms with Crippen molar-refractivity contribution in [3.63, 3.8) is 0 Å². The van der Waals surface area contributed by atoms with E-state index < -0.39 is 0 Å². The van der Waals surface area contributed by atoms with Crippen LogP contribution in [0.2, 0.25) is 0 Å². The third-order valence-electron chi connectivity index (χ3n) is 13.5. The lowest BCUT2D eigenvalue weighted by atomic mass is 9.32. The number of aliphatic hydroxyl groups is 2. The topological polar surface area (TPSA) is 40.5 Å². The van der Waals surface area contributed by atoms with E-state index in [9.17, 15) is 10.2 Å². The second kappa shape index (κ2) is 6.99. The van der Waals surface area contributed by atoms with E-state index in [1.165, 1.54) is 64.2 Å². The Balaban J connectivity index is 1.52. The van der Waals surface area contributed by atoms with E-state index in [2.05, 4.69) is 48.5 Å². The molecular weight excluding hydrogens is 392 g/mol. The summed E-state index contributed by atoms with van der Waals surface area (Å²) in [6.45, 7) is 18.1. The molecule has 5 aliphatic carbocycles. The Morgan fingerprint density at radius 3 is 1.72 bits per heavy atom. The standard InChI is InChI=1S/C30H52O2/c1-25(2)16-17-30(19-31)15-10-22-28(6)12-8-20-26(3,4)24(32)11-14-27(20,5)21(28)9-13-29(22,7)23(30)18-25/h20-24,31-32H,8-19H2,1-7H3/t20-,21-,22-,23-,24-,27-,28+,29+,30-/m0/s1. The number of hydrogen-bond donors (Lipinski definition) is 2. The van der Waals surface area contributed by atoms with Crippen molar-refractivity contribution >= 4 is 0 Å².